The number of ether oxygens (including phenoxy) is 1. The van der Waals surface area contributed by atoms with E-state index in [2.05, 4.69) is 16.8 Å². The maximum atomic E-state index is 12.9. The van der Waals surface area contributed by atoms with E-state index in [0.717, 1.165) is 64.9 Å². The first-order valence-corrected chi connectivity index (χ1v) is 13.1. The molecule has 0 bridgehead atoms. The molecule has 2 aromatic carbocycles. The summed E-state index contributed by atoms with van der Waals surface area (Å²) < 4.78 is 7.55. The highest BCUT2D eigenvalue weighted by atomic mass is 32.2. The van der Waals surface area contributed by atoms with Gasteiger partial charge in [-0.2, -0.15) is 10.1 Å². The number of aryl methyl sites for hydroxylation is 1. The number of carbonyl (C=O) groups excluding carboxylic acids is 1. The Balaban J connectivity index is 1.51. The van der Waals surface area contributed by atoms with Gasteiger partial charge in [0, 0.05) is 30.4 Å². The number of benzene rings is 2. The van der Waals surface area contributed by atoms with Crippen LogP contribution in [0.15, 0.2) is 64.6 Å². The van der Waals surface area contributed by atoms with Gasteiger partial charge in [-0.1, -0.05) is 31.0 Å². The van der Waals surface area contributed by atoms with Crippen molar-refractivity contribution in [2.75, 3.05) is 19.7 Å². The number of likely N-dealkylation sites (tertiary alicyclic amines) is 1. The average molecular weight is 487 g/mol. The van der Waals surface area contributed by atoms with Gasteiger partial charge >= 0.3 is 0 Å². The summed E-state index contributed by atoms with van der Waals surface area (Å²) in [7, 11) is 0. The topological polar surface area (TPSA) is 59.7 Å². The number of para-hydroxylation sites is 1. The van der Waals surface area contributed by atoms with E-state index >= 15 is 0 Å². The Morgan fingerprint density at radius 3 is 2.54 bits per heavy atom. The third-order valence-corrected chi connectivity index (χ3v) is 7.34. The minimum atomic E-state index is -0.170. The van der Waals surface area contributed by atoms with E-state index in [1.807, 2.05) is 72.4 Å². The van der Waals surface area contributed by atoms with Gasteiger partial charge in [-0.25, -0.2) is 4.68 Å². The van der Waals surface area contributed by atoms with Crippen molar-refractivity contribution >= 4 is 28.9 Å². The van der Waals surface area contributed by atoms with Gasteiger partial charge in [-0.3, -0.25) is 4.79 Å². The zero-order chi connectivity index (χ0) is 24.2. The highest BCUT2D eigenvalue weighted by Crippen LogP contribution is 2.35. The lowest BCUT2D eigenvalue weighted by Gasteiger charge is -2.20. The minimum absolute atomic E-state index is 0.170. The van der Waals surface area contributed by atoms with Crippen LogP contribution in [0.3, 0.4) is 0 Å². The number of hydrogen-bond donors (Lipinski definition) is 0. The van der Waals surface area contributed by atoms with Crippen molar-refractivity contribution in [2.45, 2.75) is 39.5 Å². The second kappa shape index (κ2) is 10.5. The Kier molecular flexibility index (Phi) is 7.04. The molecule has 2 aliphatic rings. The standard InChI is InChI=1S/C28H30N4O2S/c1-3-34-23-13-14-24(20(2)17-23)26-21(19-32(30-26)22-11-7-6-8-12-22)18-25-27(33)29-28(35-25)31-15-9-4-5-10-16-31/h6-8,11-14,17-19H,3-5,9-10,15-16H2,1-2H3/b25-18+. The van der Waals surface area contributed by atoms with E-state index in [4.69, 9.17) is 9.84 Å². The average Bonchev–Trinajstić information content (AvgIpc) is 3.32. The molecule has 6 nitrogen and oxygen atoms in total. The Morgan fingerprint density at radius 1 is 1.06 bits per heavy atom. The van der Waals surface area contributed by atoms with Gasteiger partial charge in [0.25, 0.3) is 5.91 Å². The second-order valence-electron chi connectivity index (χ2n) is 8.83. The number of thioether (sulfide) groups is 1. The number of amides is 1. The van der Waals surface area contributed by atoms with E-state index in [9.17, 15) is 4.79 Å². The zero-order valence-corrected chi connectivity index (χ0v) is 21.1. The summed E-state index contributed by atoms with van der Waals surface area (Å²) in [6.07, 6.45) is 8.73. The van der Waals surface area contributed by atoms with Crippen molar-refractivity contribution in [3.8, 4) is 22.7 Å². The maximum Gasteiger partial charge on any atom is 0.286 e. The molecule has 0 atom stereocenters. The molecule has 0 aliphatic carbocycles. The fourth-order valence-electron chi connectivity index (χ4n) is 4.51. The Hall–Kier alpha value is -3.32. The van der Waals surface area contributed by atoms with Crippen LogP contribution < -0.4 is 4.74 Å². The predicted molar refractivity (Wildman–Crippen MR) is 143 cm³/mol. The molecule has 2 aliphatic heterocycles. The summed E-state index contributed by atoms with van der Waals surface area (Å²) in [4.78, 5) is 20.2. The normalized spacial score (nSPS) is 17.5. The first-order chi connectivity index (χ1) is 17.1. The molecule has 0 spiro atoms. The number of aromatic nitrogens is 2. The number of carbonyl (C=O) groups is 1. The molecule has 35 heavy (non-hydrogen) atoms. The third kappa shape index (κ3) is 5.20. The van der Waals surface area contributed by atoms with Crippen LogP contribution in [0.2, 0.25) is 0 Å². The van der Waals surface area contributed by atoms with E-state index in [0.29, 0.717) is 11.5 Å². The van der Waals surface area contributed by atoms with Crippen molar-refractivity contribution in [1.82, 2.24) is 14.7 Å². The summed E-state index contributed by atoms with van der Waals surface area (Å²) in [6, 6.07) is 16.1. The van der Waals surface area contributed by atoms with Crippen LogP contribution in [0.25, 0.3) is 23.0 Å². The highest BCUT2D eigenvalue weighted by molar-refractivity contribution is 8.18. The lowest BCUT2D eigenvalue weighted by molar-refractivity contribution is -0.113. The SMILES string of the molecule is CCOc1ccc(-c2nn(-c3ccccc3)cc2/C=C2/SC(N3CCCCCC3)=NC2=O)c(C)c1. The highest BCUT2D eigenvalue weighted by Gasteiger charge is 2.27. The number of nitrogens with zero attached hydrogens (tertiary/aromatic N) is 4. The summed E-state index contributed by atoms with van der Waals surface area (Å²) in [5.74, 6) is 0.671. The quantitative estimate of drug-likeness (QED) is 0.408. The van der Waals surface area contributed by atoms with Crippen molar-refractivity contribution in [3.63, 3.8) is 0 Å². The van der Waals surface area contributed by atoms with Gasteiger partial charge in [0.1, 0.15) is 11.4 Å². The van der Waals surface area contributed by atoms with Crippen LogP contribution in [-0.2, 0) is 4.79 Å². The zero-order valence-electron chi connectivity index (χ0n) is 20.2. The van der Waals surface area contributed by atoms with Crippen LogP contribution in [0, 0.1) is 6.92 Å². The van der Waals surface area contributed by atoms with Crippen molar-refractivity contribution in [2.24, 2.45) is 4.99 Å². The molecule has 1 amide bonds. The molecule has 0 unspecified atom stereocenters. The molecule has 0 radical (unpaired) electrons. The lowest BCUT2D eigenvalue weighted by atomic mass is 10.0. The molecular formula is C28H30N4O2S. The molecule has 1 saturated heterocycles. The molecule has 1 fully saturated rings. The molecule has 7 heteroatoms. The predicted octanol–water partition coefficient (Wildman–Crippen LogP) is 6.09. The fourth-order valence-corrected chi connectivity index (χ4v) is 5.47. The fraction of sp³-hybridized carbons (Fsp3) is 0.321. The van der Waals surface area contributed by atoms with Gasteiger partial charge in [0.05, 0.1) is 17.2 Å². The van der Waals surface area contributed by atoms with Crippen LogP contribution >= 0.6 is 11.8 Å². The number of hydrogen-bond acceptors (Lipinski definition) is 5. The monoisotopic (exact) mass is 486 g/mol. The van der Waals surface area contributed by atoms with Crippen molar-refractivity contribution < 1.29 is 9.53 Å². The summed E-state index contributed by atoms with van der Waals surface area (Å²) in [5, 5.41) is 5.77. The van der Waals surface area contributed by atoms with Crippen LogP contribution in [-0.4, -0.2) is 45.5 Å². The Bertz CT molecular complexity index is 1270. The molecule has 1 aromatic heterocycles. The van der Waals surface area contributed by atoms with Gasteiger partial charge in [-0.15, -0.1) is 0 Å². The minimum Gasteiger partial charge on any atom is -0.494 e. The Morgan fingerprint density at radius 2 is 1.83 bits per heavy atom. The van der Waals surface area contributed by atoms with E-state index in [1.54, 1.807) is 0 Å². The molecule has 5 rings (SSSR count). The molecule has 0 saturated carbocycles. The van der Waals surface area contributed by atoms with Gasteiger partial charge < -0.3 is 9.64 Å². The number of aliphatic imine (C=N–C) groups is 1. The summed E-state index contributed by atoms with van der Waals surface area (Å²) in [5.41, 5.74) is 4.77. The van der Waals surface area contributed by atoms with Gasteiger partial charge in [0.2, 0.25) is 0 Å². The van der Waals surface area contributed by atoms with Gasteiger partial charge in [0.15, 0.2) is 5.17 Å². The first kappa shape index (κ1) is 23.4. The summed E-state index contributed by atoms with van der Waals surface area (Å²) in [6.45, 7) is 6.60. The van der Waals surface area contributed by atoms with Crippen LogP contribution in [0.4, 0.5) is 0 Å². The maximum absolute atomic E-state index is 12.9. The molecule has 3 aromatic rings. The second-order valence-corrected chi connectivity index (χ2v) is 9.84. The van der Waals surface area contributed by atoms with E-state index in [1.165, 1.54) is 24.6 Å². The third-order valence-electron chi connectivity index (χ3n) is 6.30. The first-order valence-electron chi connectivity index (χ1n) is 12.3. The van der Waals surface area contributed by atoms with E-state index in [-0.39, 0.29) is 5.91 Å². The molecule has 3 heterocycles. The summed E-state index contributed by atoms with van der Waals surface area (Å²) >= 11 is 1.48. The smallest absolute Gasteiger partial charge is 0.286 e. The lowest BCUT2D eigenvalue weighted by Crippen LogP contribution is -2.28. The molecule has 0 N–H and O–H groups in total. The van der Waals surface area contributed by atoms with Gasteiger partial charge in [-0.05, 0) is 80.4 Å². The van der Waals surface area contributed by atoms with Crippen LogP contribution in [0.5, 0.6) is 5.75 Å². The Labute approximate surface area is 210 Å². The van der Waals surface area contributed by atoms with Crippen molar-refractivity contribution in [3.05, 3.63) is 70.8 Å². The molecule has 180 valence electrons. The largest absolute Gasteiger partial charge is 0.494 e. The van der Waals surface area contributed by atoms with E-state index < -0.39 is 0 Å². The van der Waals surface area contributed by atoms with Crippen LogP contribution in [0.1, 0.15) is 43.7 Å². The number of amidine groups is 1. The number of rotatable bonds is 5. The van der Waals surface area contributed by atoms with Crippen molar-refractivity contribution in [1.29, 1.82) is 0 Å². The molecular weight excluding hydrogens is 456 g/mol.